The van der Waals surface area contributed by atoms with Gasteiger partial charge in [0.1, 0.15) is 6.10 Å². The predicted octanol–water partition coefficient (Wildman–Crippen LogP) is 2.34. The first-order valence-corrected chi connectivity index (χ1v) is 15.0. The molecule has 0 unspecified atom stereocenters. The van der Waals surface area contributed by atoms with Crippen molar-refractivity contribution in [3.63, 3.8) is 0 Å². The summed E-state index contributed by atoms with van der Waals surface area (Å²) in [6, 6.07) is 0. The van der Waals surface area contributed by atoms with Crippen molar-refractivity contribution in [1.29, 1.82) is 0 Å². The third-order valence-corrected chi connectivity index (χ3v) is 7.38. The summed E-state index contributed by atoms with van der Waals surface area (Å²) in [6.45, 7) is 8.90. The summed E-state index contributed by atoms with van der Waals surface area (Å²) in [7, 11) is 2.51. The van der Waals surface area contributed by atoms with E-state index in [2.05, 4.69) is 0 Å². The summed E-state index contributed by atoms with van der Waals surface area (Å²) in [4.78, 5) is 35.8. The van der Waals surface area contributed by atoms with Crippen molar-refractivity contribution >= 4 is 17.9 Å². The van der Waals surface area contributed by atoms with Gasteiger partial charge in [-0.3, -0.25) is 9.59 Å². The molecule has 0 saturated carbocycles. The van der Waals surface area contributed by atoms with Gasteiger partial charge in [-0.2, -0.15) is 0 Å². The molecule has 3 N–H and O–H groups in total. The SMILES string of the molecule is CC/C(=C\C(=O)OC)[C@H](OC(C)=O)[C@@](O)(OC)C(C)(C)/C=C/[C@H]1OCC[C@@H](CCOCC[C@@H](O)CC(=O)O[C@H](CC)CO)O1. The van der Waals surface area contributed by atoms with Gasteiger partial charge in [0, 0.05) is 38.7 Å². The van der Waals surface area contributed by atoms with Crippen LogP contribution in [0.4, 0.5) is 0 Å². The molecule has 0 radical (unpaired) electrons. The van der Waals surface area contributed by atoms with Gasteiger partial charge in [-0.25, -0.2) is 4.79 Å². The predicted molar refractivity (Wildman–Crippen MR) is 158 cm³/mol. The average molecular weight is 633 g/mol. The van der Waals surface area contributed by atoms with Gasteiger partial charge in [-0.1, -0.05) is 33.8 Å². The third-order valence-electron chi connectivity index (χ3n) is 7.38. The van der Waals surface area contributed by atoms with Crippen LogP contribution in [0.15, 0.2) is 23.8 Å². The summed E-state index contributed by atoms with van der Waals surface area (Å²) in [5, 5.41) is 30.9. The molecule has 1 rings (SSSR count). The van der Waals surface area contributed by atoms with E-state index in [1.165, 1.54) is 27.2 Å². The van der Waals surface area contributed by atoms with Crippen molar-refractivity contribution < 1.29 is 62.9 Å². The maximum Gasteiger partial charge on any atom is 0.330 e. The van der Waals surface area contributed by atoms with Gasteiger partial charge in [0.15, 0.2) is 12.4 Å². The Labute approximate surface area is 260 Å². The van der Waals surface area contributed by atoms with E-state index in [0.717, 1.165) is 0 Å². The van der Waals surface area contributed by atoms with E-state index in [4.69, 9.17) is 38.3 Å². The molecule has 0 spiro atoms. The van der Waals surface area contributed by atoms with Crippen LogP contribution >= 0.6 is 0 Å². The Bertz CT molecular complexity index is 943. The molecule has 1 aliphatic rings. The summed E-state index contributed by atoms with van der Waals surface area (Å²) in [6.07, 6.45) is 2.84. The highest BCUT2D eigenvalue weighted by Gasteiger charge is 2.52. The molecule has 0 amide bonds. The zero-order valence-corrected chi connectivity index (χ0v) is 27.1. The summed E-state index contributed by atoms with van der Waals surface area (Å²) in [5.41, 5.74) is -0.861. The Balaban J connectivity index is 2.75. The number of carbonyl (C=O) groups excluding carboxylic acids is 3. The van der Waals surface area contributed by atoms with Gasteiger partial charge < -0.3 is 48.5 Å². The van der Waals surface area contributed by atoms with Crippen molar-refractivity contribution in [2.24, 2.45) is 5.41 Å². The number of rotatable bonds is 20. The minimum absolute atomic E-state index is 0.171. The number of hydrogen-bond acceptors (Lipinski definition) is 13. The van der Waals surface area contributed by atoms with E-state index in [0.29, 0.717) is 38.0 Å². The molecule has 0 bridgehead atoms. The fourth-order valence-corrected chi connectivity index (χ4v) is 4.53. The molecule has 254 valence electrons. The van der Waals surface area contributed by atoms with E-state index in [1.807, 2.05) is 0 Å². The first-order chi connectivity index (χ1) is 20.8. The van der Waals surface area contributed by atoms with Crippen LogP contribution in [0.1, 0.15) is 73.1 Å². The molecule has 1 saturated heterocycles. The maximum absolute atomic E-state index is 12.0. The van der Waals surface area contributed by atoms with Gasteiger partial charge in [-0.05, 0) is 43.8 Å². The number of methoxy groups -OCH3 is 2. The zero-order valence-electron chi connectivity index (χ0n) is 27.1. The Kier molecular flexibility index (Phi) is 17.9. The van der Waals surface area contributed by atoms with E-state index in [9.17, 15) is 24.6 Å². The number of carbonyl (C=O) groups is 3. The highest BCUT2D eigenvalue weighted by atomic mass is 16.7. The van der Waals surface area contributed by atoms with E-state index in [1.54, 1.807) is 39.8 Å². The van der Waals surface area contributed by atoms with Gasteiger partial charge >= 0.3 is 17.9 Å². The van der Waals surface area contributed by atoms with E-state index < -0.39 is 53.7 Å². The number of aliphatic hydroxyl groups excluding tert-OH is 2. The topological polar surface area (TPSA) is 177 Å². The van der Waals surface area contributed by atoms with Crippen molar-refractivity contribution in [1.82, 2.24) is 0 Å². The summed E-state index contributed by atoms with van der Waals surface area (Å²) < 4.78 is 38.2. The third kappa shape index (κ3) is 12.9. The van der Waals surface area contributed by atoms with Crippen LogP contribution in [0, 0.1) is 5.41 Å². The maximum atomic E-state index is 12.0. The summed E-state index contributed by atoms with van der Waals surface area (Å²) >= 11 is 0. The molecular formula is C31H52O13. The minimum Gasteiger partial charge on any atom is -0.466 e. The van der Waals surface area contributed by atoms with Crippen molar-refractivity contribution in [2.75, 3.05) is 40.6 Å². The molecule has 1 aliphatic heterocycles. The van der Waals surface area contributed by atoms with Gasteiger partial charge in [0.05, 0.1) is 39.0 Å². The number of aliphatic hydroxyl groups is 3. The molecular weight excluding hydrogens is 580 g/mol. The molecule has 0 aromatic carbocycles. The molecule has 6 atom stereocenters. The fourth-order valence-electron chi connectivity index (χ4n) is 4.53. The Hall–Kier alpha value is -2.39. The van der Waals surface area contributed by atoms with Gasteiger partial charge in [0.2, 0.25) is 5.79 Å². The van der Waals surface area contributed by atoms with Crippen molar-refractivity contribution in [3.05, 3.63) is 23.8 Å². The van der Waals surface area contributed by atoms with Gasteiger partial charge in [-0.15, -0.1) is 0 Å². The largest absolute Gasteiger partial charge is 0.466 e. The lowest BCUT2D eigenvalue weighted by atomic mass is 9.76. The number of hydrogen-bond donors (Lipinski definition) is 3. The minimum atomic E-state index is -2.08. The summed E-state index contributed by atoms with van der Waals surface area (Å²) in [5.74, 6) is -3.97. The molecule has 0 aromatic heterocycles. The van der Waals surface area contributed by atoms with E-state index in [-0.39, 0.29) is 38.6 Å². The van der Waals surface area contributed by atoms with Crippen LogP contribution in [-0.2, 0) is 47.5 Å². The molecule has 1 fully saturated rings. The Morgan fingerprint density at radius 1 is 1.11 bits per heavy atom. The van der Waals surface area contributed by atoms with Crippen molar-refractivity contribution in [2.45, 2.75) is 110 Å². The van der Waals surface area contributed by atoms with Crippen LogP contribution in [0.25, 0.3) is 0 Å². The van der Waals surface area contributed by atoms with Crippen LogP contribution < -0.4 is 0 Å². The number of esters is 3. The van der Waals surface area contributed by atoms with E-state index >= 15 is 0 Å². The van der Waals surface area contributed by atoms with Crippen LogP contribution in [0.5, 0.6) is 0 Å². The molecule has 13 heteroatoms. The van der Waals surface area contributed by atoms with Crippen LogP contribution in [0.2, 0.25) is 0 Å². The monoisotopic (exact) mass is 632 g/mol. The van der Waals surface area contributed by atoms with Crippen LogP contribution in [0.3, 0.4) is 0 Å². The molecule has 0 aromatic rings. The second kappa shape index (κ2) is 19.9. The lowest BCUT2D eigenvalue weighted by molar-refractivity contribution is -0.283. The standard InChI is InChI=1S/C31H52O13/c1-8-22(18-26(35)38-6)29(42-21(3)33)31(37,39-7)30(4,5)14-10-28-41-17-13-25(44-28)12-16-40-15-11-23(34)19-27(36)43-24(9-2)20-32/h10,14,18,23-25,28-29,32,34,37H,8-9,11-13,15-17,19-20H2,1-7H3/b14-10+,22-18+/t23-,24-,25-,28+,29+,31-/m1/s1. The molecule has 13 nitrogen and oxygen atoms in total. The quantitative estimate of drug-likeness (QED) is 0.0446. The lowest BCUT2D eigenvalue weighted by Gasteiger charge is -2.44. The molecule has 44 heavy (non-hydrogen) atoms. The van der Waals surface area contributed by atoms with Crippen molar-refractivity contribution in [3.8, 4) is 0 Å². The Morgan fingerprint density at radius 3 is 2.39 bits per heavy atom. The second-order valence-electron chi connectivity index (χ2n) is 11.1. The zero-order chi connectivity index (χ0) is 33.3. The lowest BCUT2D eigenvalue weighted by Crippen LogP contribution is -2.57. The first-order valence-electron chi connectivity index (χ1n) is 15.0. The van der Waals surface area contributed by atoms with Crippen LogP contribution in [-0.4, -0.2) is 110 Å². The molecule has 0 aliphatic carbocycles. The highest BCUT2D eigenvalue weighted by molar-refractivity contribution is 5.83. The smallest absolute Gasteiger partial charge is 0.330 e. The van der Waals surface area contributed by atoms with Gasteiger partial charge in [0.25, 0.3) is 0 Å². The normalized spacial score (nSPS) is 21.3. The number of ether oxygens (including phenoxy) is 7. The average Bonchev–Trinajstić information content (AvgIpc) is 2.99. The highest BCUT2D eigenvalue weighted by Crippen LogP contribution is 2.41. The molecule has 1 heterocycles. The Morgan fingerprint density at radius 2 is 1.82 bits per heavy atom. The fraction of sp³-hybridized carbons (Fsp3) is 0.774. The first kappa shape index (κ1) is 39.6. The second-order valence-corrected chi connectivity index (χ2v) is 11.1.